The van der Waals surface area contributed by atoms with Crippen molar-refractivity contribution in [2.24, 2.45) is 64.6 Å². The average molecular weight is 286 g/mol. The van der Waals surface area contributed by atoms with Gasteiger partial charge in [-0.1, -0.05) is 0 Å². The van der Waals surface area contributed by atoms with Crippen LogP contribution in [0.2, 0.25) is 0 Å². The summed E-state index contributed by atoms with van der Waals surface area (Å²) in [7, 11) is 0. The van der Waals surface area contributed by atoms with Crippen molar-refractivity contribution in [3.8, 4) is 0 Å². The summed E-state index contributed by atoms with van der Waals surface area (Å²) in [5.41, 5.74) is -0.906. The summed E-state index contributed by atoms with van der Waals surface area (Å²) in [5, 5.41) is 0. The van der Waals surface area contributed by atoms with Crippen molar-refractivity contribution in [3.05, 3.63) is 0 Å². The second-order valence-electron chi connectivity index (χ2n) is 9.13. The van der Waals surface area contributed by atoms with E-state index < -0.39 is 11.2 Å². The molecular weight excluding hydrogens is 268 g/mol. The average Bonchev–Trinajstić information content (AvgIpc) is 2.95. The van der Waals surface area contributed by atoms with Gasteiger partial charge in [-0.25, -0.2) is 0 Å². The fraction of sp³-hybridized carbons (Fsp3) is 0.882. The first kappa shape index (κ1) is 10.6. The Kier molecular flexibility index (Phi) is 1.24. The first-order valence-corrected chi connectivity index (χ1v) is 8.45. The molecule has 1 heterocycles. The third kappa shape index (κ3) is 0.687. The van der Waals surface area contributed by atoms with Crippen molar-refractivity contribution in [2.75, 3.05) is 0 Å². The number of carbonyl (C=O) groups excluding carboxylic acids is 2. The van der Waals surface area contributed by atoms with Crippen molar-refractivity contribution < 1.29 is 19.1 Å². The number of rotatable bonds is 0. The standard InChI is InChI=1S/C17H18O4/c1-16(2)20-14(18)17(15(19)21-16)12-8-4-3-5-7-6(4)10(12)11(7)13(17)9(5)8/h4-13H,3H2,1-2H3/t4-,5-,6-,7-,8-,9+,10-,11?,12+,13-/m0/s1. The molecule has 4 nitrogen and oxygen atoms in total. The van der Waals surface area contributed by atoms with Crippen LogP contribution >= 0.6 is 0 Å². The molecule has 7 saturated carbocycles. The molecule has 0 amide bonds. The summed E-state index contributed by atoms with van der Waals surface area (Å²) >= 11 is 0. The van der Waals surface area contributed by atoms with Gasteiger partial charge < -0.3 is 9.47 Å². The quantitative estimate of drug-likeness (QED) is 0.499. The molecule has 0 aromatic carbocycles. The predicted octanol–water partition coefficient (Wildman–Crippen LogP) is 1.44. The van der Waals surface area contributed by atoms with E-state index in [1.807, 2.05) is 0 Å². The lowest BCUT2D eigenvalue weighted by atomic mass is 9.60. The first-order valence-electron chi connectivity index (χ1n) is 8.45. The summed E-state index contributed by atoms with van der Waals surface area (Å²) in [4.78, 5) is 25.9. The van der Waals surface area contributed by atoms with Crippen LogP contribution in [0.15, 0.2) is 0 Å². The van der Waals surface area contributed by atoms with E-state index in [-0.39, 0.29) is 23.8 Å². The maximum Gasteiger partial charge on any atom is 0.327 e. The molecule has 21 heavy (non-hydrogen) atoms. The number of ether oxygens (including phenoxy) is 2. The fourth-order valence-corrected chi connectivity index (χ4v) is 9.23. The van der Waals surface area contributed by atoms with Gasteiger partial charge >= 0.3 is 11.9 Å². The van der Waals surface area contributed by atoms with E-state index in [0.29, 0.717) is 23.7 Å². The van der Waals surface area contributed by atoms with Crippen LogP contribution in [0, 0.1) is 64.6 Å². The summed E-state index contributed by atoms with van der Waals surface area (Å²) in [6.07, 6.45) is 1.39. The molecule has 1 unspecified atom stereocenters. The van der Waals surface area contributed by atoms with Crippen molar-refractivity contribution in [1.82, 2.24) is 0 Å². The van der Waals surface area contributed by atoms with Crippen LogP contribution in [0.4, 0.5) is 0 Å². The molecule has 110 valence electrons. The van der Waals surface area contributed by atoms with E-state index in [1.165, 1.54) is 6.42 Å². The van der Waals surface area contributed by atoms with Gasteiger partial charge in [0.15, 0.2) is 5.41 Å². The Morgan fingerprint density at radius 2 is 1.29 bits per heavy atom. The molecule has 1 aliphatic heterocycles. The van der Waals surface area contributed by atoms with E-state index in [9.17, 15) is 9.59 Å². The van der Waals surface area contributed by atoms with E-state index in [0.717, 1.165) is 23.7 Å². The zero-order valence-corrected chi connectivity index (χ0v) is 12.1. The Bertz CT molecular complexity index is 608. The van der Waals surface area contributed by atoms with Gasteiger partial charge in [0.1, 0.15) is 0 Å². The Balaban J connectivity index is 1.48. The molecule has 1 saturated heterocycles. The van der Waals surface area contributed by atoms with Gasteiger partial charge in [-0.2, -0.15) is 0 Å². The molecule has 8 aliphatic rings. The highest BCUT2D eigenvalue weighted by Gasteiger charge is 2.96. The van der Waals surface area contributed by atoms with Crippen LogP contribution in [0.1, 0.15) is 20.3 Å². The number of carbonyl (C=O) groups is 2. The maximum absolute atomic E-state index is 13.0. The highest BCUT2D eigenvalue weighted by molar-refractivity contribution is 6.04. The van der Waals surface area contributed by atoms with Gasteiger partial charge in [0, 0.05) is 13.8 Å². The van der Waals surface area contributed by atoms with Gasteiger partial charge in [0.2, 0.25) is 0 Å². The van der Waals surface area contributed by atoms with Crippen LogP contribution in [0.25, 0.3) is 0 Å². The minimum atomic E-state index is -1.09. The molecule has 1 spiro atoms. The normalized spacial score (nSPS) is 67.1. The van der Waals surface area contributed by atoms with Crippen LogP contribution in [0.5, 0.6) is 0 Å². The largest absolute Gasteiger partial charge is 0.422 e. The van der Waals surface area contributed by atoms with Gasteiger partial charge in [-0.15, -0.1) is 0 Å². The molecule has 8 fully saturated rings. The Morgan fingerprint density at radius 1 is 0.810 bits per heavy atom. The van der Waals surface area contributed by atoms with E-state index >= 15 is 0 Å². The molecule has 4 heteroatoms. The van der Waals surface area contributed by atoms with Crippen molar-refractivity contribution >= 4 is 11.9 Å². The highest BCUT2D eigenvalue weighted by Crippen LogP contribution is 2.94. The molecule has 0 aromatic rings. The summed E-state index contributed by atoms with van der Waals surface area (Å²) in [6, 6.07) is 0. The molecular formula is C17H18O4. The number of esters is 2. The Labute approximate surface area is 122 Å². The zero-order chi connectivity index (χ0) is 14.0. The van der Waals surface area contributed by atoms with E-state index in [1.54, 1.807) is 13.8 Å². The molecule has 0 aromatic heterocycles. The summed E-state index contributed by atoms with van der Waals surface area (Å²) < 4.78 is 11.2. The second-order valence-corrected chi connectivity index (χ2v) is 9.13. The van der Waals surface area contributed by atoms with E-state index in [4.69, 9.17) is 9.47 Å². The van der Waals surface area contributed by atoms with E-state index in [2.05, 4.69) is 0 Å². The van der Waals surface area contributed by atoms with Crippen LogP contribution in [-0.2, 0) is 19.1 Å². The minimum Gasteiger partial charge on any atom is -0.422 e. The molecule has 4 bridgehead atoms. The summed E-state index contributed by atoms with van der Waals surface area (Å²) in [6.45, 7) is 3.33. The van der Waals surface area contributed by atoms with Gasteiger partial charge in [-0.05, 0) is 65.6 Å². The Hall–Kier alpha value is -1.06. The Morgan fingerprint density at radius 3 is 1.76 bits per heavy atom. The lowest BCUT2D eigenvalue weighted by Crippen LogP contribution is -2.57. The number of hydrogen-bond acceptors (Lipinski definition) is 4. The van der Waals surface area contributed by atoms with Crippen LogP contribution in [-0.4, -0.2) is 17.7 Å². The maximum atomic E-state index is 13.0. The van der Waals surface area contributed by atoms with Crippen molar-refractivity contribution in [3.63, 3.8) is 0 Å². The van der Waals surface area contributed by atoms with Crippen LogP contribution < -0.4 is 0 Å². The highest BCUT2D eigenvalue weighted by atomic mass is 16.7. The molecule has 10 atom stereocenters. The van der Waals surface area contributed by atoms with Gasteiger partial charge in [-0.3, -0.25) is 9.59 Å². The minimum absolute atomic E-state index is 0.249. The summed E-state index contributed by atoms with van der Waals surface area (Å²) in [5.74, 6) is 4.78. The topological polar surface area (TPSA) is 52.6 Å². The predicted molar refractivity (Wildman–Crippen MR) is 68.2 cm³/mol. The monoisotopic (exact) mass is 286 g/mol. The lowest BCUT2D eigenvalue weighted by Gasteiger charge is -2.44. The first-order chi connectivity index (χ1) is 9.98. The zero-order valence-electron chi connectivity index (χ0n) is 12.1. The molecule has 0 N–H and O–H groups in total. The van der Waals surface area contributed by atoms with Gasteiger partial charge in [0.25, 0.3) is 5.79 Å². The number of cyclic esters (lactones) is 2. The third-order valence-electron chi connectivity index (χ3n) is 8.81. The fourth-order valence-electron chi connectivity index (χ4n) is 9.23. The van der Waals surface area contributed by atoms with Gasteiger partial charge in [0.05, 0.1) is 0 Å². The van der Waals surface area contributed by atoms with Crippen LogP contribution in [0.3, 0.4) is 0 Å². The van der Waals surface area contributed by atoms with Crippen molar-refractivity contribution in [1.29, 1.82) is 0 Å². The SMILES string of the molecule is CC1(C)OC(=O)C2(C(=O)O1)[C@H]1[C@@H]3C4[C@H]5[C@@H]6C[C@@H]([C@H]35)[C@H]1[C@@H]6[C@@H]42. The molecule has 8 rings (SSSR count). The molecule has 7 aliphatic carbocycles. The third-order valence-corrected chi connectivity index (χ3v) is 8.81. The smallest absolute Gasteiger partial charge is 0.327 e. The van der Waals surface area contributed by atoms with Crippen molar-refractivity contribution in [2.45, 2.75) is 26.1 Å². The number of hydrogen-bond donors (Lipinski definition) is 0. The molecule has 0 radical (unpaired) electrons. The lowest BCUT2D eigenvalue weighted by molar-refractivity contribution is -0.255. The second kappa shape index (κ2) is 2.44.